The van der Waals surface area contributed by atoms with Crippen molar-refractivity contribution in [3.8, 4) is 0 Å². The maximum Gasteiger partial charge on any atom is 0.263 e. The molecule has 0 saturated carbocycles. The molecule has 0 bridgehead atoms. The Morgan fingerprint density at radius 1 is 0.960 bits per heavy atom. The molecule has 0 atom stereocenters. The molecule has 0 aliphatic heterocycles. The first-order chi connectivity index (χ1) is 11.9. The number of anilines is 1. The van der Waals surface area contributed by atoms with Gasteiger partial charge >= 0.3 is 0 Å². The van der Waals surface area contributed by atoms with Crippen LogP contribution in [-0.4, -0.2) is 28.0 Å². The Bertz CT molecular complexity index is 1200. The Kier molecular flexibility index (Phi) is 3.43. The molecule has 2 aromatic heterocycles. The third kappa shape index (κ3) is 2.70. The van der Waals surface area contributed by atoms with E-state index in [0.29, 0.717) is 17.0 Å². The number of sulfonamides is 1. The second-order valence-corrected chi connectivity index (χ2v) is 7.44. The topological polar surface area (TPSA) is 89.2 Å². The molecule has 2 aromatic carbocycles. The monoisotopic (exact) mass is 353 g/mol. The molecule has 4 aromatic rings. The number of nitrogens with zero attached hydrogens (tertiary/aromatic N) is 4. The first-order valence-electron chi connectivity index (χ1n) is 7.66. The molecule has 25 heavy (non-hydrogen) atoms. The van der Waals surface area contributed by atoms with Crippen molar-refractivity contribution in [2.24, 2.45) is 0 Å². The molecule has 0 radical (unpaired) electrons. The van der Waals surface area contributed by atoms with E-state index in [-0.39, 0.29) is 10.7 Å². The summed E-state index contributed by atoms with van der Waals surface area (Å²) in [6.07, 6.45) is 0. The molecule has 4 rings (SSSR count). The van der Waals surface area contributed by atoms with Gasteiger partial charge in [-0.3, -0.25) is 4.72 Å². The lowest BCUT2D eigenvalue weighted by molar-refractivity contribution is 0.601. The SMILES string of the molecule is Cc1ccc(S(=O)(=O)Nc2nc3ccccc3n3nc(C)nc23)cc1. The van der Waals surface area contributed by atoms with Gasteiger partial charge in [-0.25, -0.2) is 22.9 Å². The average molecular weight is 353 g/mol. The number of aryl methyl sites for hydroxylation is 2. The van der Waals surface area contributed by atoms with Gasteiger partial charge in [0, 0.05) is 0 Å². The summed E-state index contributed by atoms with van der Waals surface area (Å²) in [7, 11) is -3.77. The molecule has 0 saturated heterocycles. The van der Waals surface area contributed by atoms with Crippen LogP contribution in [0.25, 0.3) is 16.7 Å². The third-order valence-corrected chi connectivity index (χ3v) is 5.18. The van der Waals surface area contributed by atoms with Gasteiger partial charge in [0.2, 0.25) is 0 Å². The van der Waals surface area contributed by atoms with Crippen molar-refractivity contribution in [2.45, 2.75) is 18.7 Å². The maximum absolute atomic E-state index is 12.7. The lowest BCUT2D eigenvalue weighted by Crippen LogP contribution is -2.15. The van der Waals surface area contributed by atoms with Crippen LogP contribution in [0.5, 0.6) is 0 Å². The van der Waals surface area contributed by atoms with E-state index >= 15 is 0 Å². The standard InChI is InChI=1S/C17H15N5O2S/c1-11-7-9-13(10-8-11)25(23,24)21-16-17-18-12(2)20-22(17)15-6-4-3-5-14(15)19-16/h3-10H,1-2H3,(H,19,21). The van der Waals surface area contributed by atoms with E-state index in [1.54, 1.807) is 41.8 Å². The predicted molar refractivity (Wildman–Crippen MR) is 95.0 cm³/mol. The first-order valence-corrected chi connectivity index (χ1v) is 9.14. The zero-order valence-corrected chi connectivity index (χ0v) is 14.4. The molecule has 8 heteroatoms. The number of hydrogen-bond acceptors (Lipinski definition) is 5. The summed E-state index contributed by atoms with van der Waals surface area (Å²) in [5, 5.41) is 4.35. The fourth-order valence-corrected chi connectivity index (χ4v) is 3.62. The van der Waals surface area contributed by atoms with Crippen LogP contribution >= 0.6 is 0 Å². The van der Waals surface area contributed by atoms with E-state index < -0.39 is 10.0 Å². The minimum atomic E-state index is -3.77. The summed E-state index contributed by atoms with van der Waals surface area (Å²) in [6.45, 7) is 3.65. The van der Waals surface area contributed by atoms with E-state index in [9.17, 15) is 8.42 Å². The molecule has 0 spiro atoms. The van der Waals surface area contributed by atoms with E-state index in [1.807, 2.05) is 25.1 Å². The Morgan fingerprint density at radius 2 is 1.68 bits per heavy atom. The summed E-state index contributed by atoms with van der Waals surface area (Å²) in [6, 6.07) is 14.0. The number of fused-ring (bicyclic) bond motifs is 3. The quantitative estimate of drug-likeness (QED) is 0.612. The van der Waals surface area contributed by atoms with Crippen molar-refractivity contribution in [3.05, 3.63) is 59.9 Å². The van der Waals surface area contributed by atoms with Gasteiger partial charge in [0.1, 0.15) is 5.82 Å². The van der Waals surface area contributed by atoms with Crippen molar-refractivity contribution in [1.82, 2.24) is 19.6 Å². The second-order valence-electron chi connectivity index (χ2n) is 5.76. The lowest BCUT2D eigenvalue weighted by atomic mass is 10.2. The van der Waals surface area contributed by atoms with Gasteiger partial charge in [0.05, 0.1) is 15.9 Å². The number of aromatic nitrogens is 4. The van der Waals surface area contributed by atoms with Crippen LogP contribution < -0.4 is 4.72 Å². The van der Waals surface area contributed by atoms with Gasteiger partial charge in [0.15, 0.2) is 11.5 Å². The van der Waals surface area contributed by atoms with Gasteiger partial charge < -0.3 is 0 Å². The lowest BCUT2D eigenvalue weighted by Gasteiger charge is -2.10. The highest BCUT2D eigenvalue weighted by Gasteiger charge is 2.19. The first kappa shape index (κ1) is 15.5. The molecule has 0 aliphatic rings. The minimum absolute atomic E-state index is 0.153. The highest BCUT2D eigenvalue weighted by Crippen LogP contribution is 2.23. The normalized spacial score (nSPS) is 11.9. The number of benzene rings is 2. The van der Waals surface area contributed by atoms with E-state index in [1.165, 1.54) is 0 Å². The summed E-state index contributed by atoms with van der Waals surface area (Å²) in [5.41, 5.74) is 2.74. The van der Waals surface area contributed by atoms with Crippen LogP contribution in [0.4, 0.5) is 5.82 Å². The molecular weight excluding hydrogens is 338 g/mol. The van der Waals surface area contributed by atoms with Crippen LogP contribution in [0.3, 0.4) is 0 Å². The molecule has 0 amide bonds. The molecular formula is C17H15N5O2S. The summed E-state index contributed by atoms with van der Waals surface area (Å²) in [4.78, 5) is 8.92. The van der Waals surface area contributed by atoms with Crippen molar-refractivity contribution in [3.63, 3.8) is 0 Å². The van der Waals surface area contributed by atoms with E-state index in [2.05, 4.69) is 19.8 Å². The van der Waals surface area contributed by atoms with Crippen molar-refractivity contribution < 1.29 is 8.42 Å². The van der Waals surface area contributed by atoms with Gasteiger partial charge in [0.25, 0.3) is 10.0 Å². The Morgan fingerprint density at radius 3 is 2.44 bits per heavy atom. The van der Waals surface area contributed by atoms with Gasteiger partial charge in [-0.2, -0.15) is 5.10 Å². The highest BCUT2D eigenvalue weighted by atomic mass is 32.2. The largest absolute Gasteiger partial charge is 0.263 e. The predicted octanol–water partition coefficient (Wildman–Crippen LogP) is 2.70. The number of hydrogen-bond donors (Lipinski definition) is 1. The Balaban J connectivity index is 1.89. The van der Waals surface area contributed by atoms with Crippen LogP contribution in [0.1, 0.15) is 11.4 Å². The smallest absolute Gasteiger partial charge is 0.260 e. The third-order valence-electron chi connectivity index (χ3n) is 3.83. The second kappa shape index (κ2) is 5.52. The van der Waals surface area contributed by atoms with Crippen LogP contribution in [0.15, 0.2) is 53.4 Å². The molecule has 0 aliphatic carbocycles. The van der Waals surface area contributed by atoms with Crippen LogP contribution in [0.2, 0.25) is 0 Å². The van der Waals surface area contributed by atoms with Crippen LogP contribution in [-0.2, 0) is 10.0 Å². The maximum atomic E-state index is 12.7. The van der Waals surface area contributed by atoms with Crippen molar-refractivity contribution in [2.75, 3.05) is 4.72 Å². The molecule has 0 fully saturated rings. The summed E-state index contributed by atoms with van der Waals surface area (Å²) < 4.78 is 29.5. The van der Waals surface area contributed by atoms with Gasteiger partial charge in [-0.15, -0.1) is 0 Å². The average Bonchev–Trinajstić information content (AvgIpc) is 2.97. The number of nitrogens with one attached hydrogen (secondary N) is 1. The molecule has 1 N–H and O–H groups in total. The van der Waals surface area contributed by atoms with Crippen molar-refractivity contribution in [1.29, 1.82) is 0 Å². The van der Waals surface area contributed by atoms with Gasteiger partial charge in [-0.05, 0) is 38.1 Å². The van der Waals surface area contributed by atoms with E-state index in [0.717, 1.165) is 11.1 Å². The zero-order valence-electron chi connectivity index (χ0n) is 13.6. The van der Waals surface area contributed by atoms with Crippen LogP contribution in [0, 0.1) is 13.8 Å². The van der Waals surface area contributed by atoms with E-state index in [4.69, 9.17) is 0 Å². The summed E-state index contributed by atoms with van der Waals surface area (Å²) in [5.74, 6) is 0.689. The summed E-state index contributed by atoms with van der Waals surface area (Å²) >= 11 is 0. The minimum Gasteiger partial charge on any atom is -0.260 e. The molecule has 126 valence electrons. The van der Waals surface area contributed by atoms with Crippen molar-refractivity contribution >= 4 is 32.5 Å². The fourth-order valence-electron chi connectivity index (χ4n) is 2.62. The molecule has 2 heterocycles. The Hall–Kier alpha value is -3.00. The zero-order chi connectivity index (χ0) is 17.6. The number of para-hydroxylation sites is 2. The van der Waals surface area contributed by atoms with Gasteiger partial charge in [-0.1, -0.05) is 29.8 Å². The Labute approximate surface area is 144 Å². The number of rotatable bonds is 3. The highest BCUT2D eigenvalue weighted by molar-refractivity contribution is 7.92. The fraction of sp³-hybridized carbons (Fsp3) is 0.118. The molecule has 0 unspecified atom stereocenters. The molecule has 7 nitrogen and oxygen atoms in total.